The monoisotopic (exact) mass is 186 g/mol. The summed E-state index contributed by atoms with van der Waals surface area (Å²) in [5.41, 5.74) is 1.51. The summed E-state index contributed by atoms with van der Waals surface area (Å²) in [6.07, 6.45) is 1.71. The molecule has 0 fully saturated rings. The number of nitrogens with one attached hydrogen (secondary N) is 1. The predicted molar refractivity (Wildman–Crippen MR) is 54.5 cm³/mol. The third-order valence-corrected chi connectivity index (χ3v) is 1.74. The fourth-order valence-electron chi connectivity index (χ4n) is 0.992. The highest BCUT2D eigenvalue weighted by atomic mass is 16.1. The number of amides is 1. The van der Waals surface area contributed by atoms with Crippen molar-refractivity contribution >= 4 is 12.0 Å². The fraction of sp³-hybridized carbons (Fsp3) is 0.0909. The fourth-order valence-corrected chi connectivity index (χ4v) is 0.992. The third kappa shape index (κ3) is 2.46. The molecule has 0 aliphatic rings. The maximum Gasteiger partial charge on any atom is 0.252 e. The molecular weight excluding hydrogens is 176 g/mol. The van der Waals surface area contributed by atoms with Crippen molar-refractivity contribution in [3.63, 3.8) is 0 Å². The van der Waals surface area contributed by atoms with Gasteiger partial charge in [-0.3, -0.25) is 4.79 Å². The minimum atomic E-state index is -0.234. The van der Waals surface area contributed by atoms with Gasteiger partial charge in [-0.25, -0.2) is 0 Å². The van der Waals surface area contributed by atoms with Crippen LogP contribution in [0.5, 0.6) is 0 Å². The Balaban J connectivity index is 2.72. The number of nitrogens with zero attached hydrogens (tertiary/aromatic N) is 1. The van der Waals surface area contributed by atoms with Crippen LogP contribution in [0.25, 0.3) is 6.08 Å². The van der Waals surface area contributed by atoms with Gasteiger partial charge in [0.05, 0.1) is 6.07 Å². The van der Waals surface area contributed by atoms with Crippen LogP contribution in [-0.2, 0) is 0 Å². The Morgan fingerprint density at radius 3 is 2.64 bits per heavy atom. The van der Waals surface area contributed by atoms with Gasteiger partial charge in [0.15, 0.2) is 0 Å². The third-order valence-electron chi connectivity index (χ3n) is 1.74. The number of benzene rings is 1. The van der Waals surface area contributed by atoms with E-state index in [1.54, 1.807) is 30.3 Å². The minimum Gasteiger partial charge on any atom is -0.339 e. The lowest BCUT2D eigenvalue weighted by Crippen LogP contribution is -2.23. The molecule has 0 radical (unpaired) electrons. The van der Waals surface area contributed by atoms with E-state index in [-0.39, 0.29) is 12.5 Å². The molecule has 3 nitrogen and oxygen atoms in total. The van der Waals surface area contributed by atoms with Crippen LogP contribution in [0.3, 0.4) is 0 Å². The van der Waals surface area contributed by atoms with Gasteiger partial charge < -0.3 is 5.32 Å². The van der Waals surface area contributed by atoms with Crippen LogP contribution in [-0.4, -0.2) is 12.5 Å². The lowest BCUT2D eigenvalue weighted by molar-refractivity contribution is 0.0958. The number of rotatable bonds is 3. The number of carbonyl (C=O) groups is 1. The van der Waals surface area contributed by atoms with Crippen LogP contribution in [0, 0.1) is 11.3 Å². The molecule has 1 N–H and O–H groups in total. The molecule has 14 heavy (non-hydrogen) atoms. The normalized spacial score (nSPS) is 8.79. The Morgan fingerprint density at radius 1 is 1.50 bits per heavy atom. The lowest BCUT2D eigenvalue weighted by Gasteiger charge is -2.00. The summed E-state index contributed by atoms with van der Waals surface area (Å²) >= 11 is 0. The van der Waals surface area contributed by atoms with Gasteiger partial charge in [-0.15, -0.1) is 0 Å². The zero-order valence-electron chi connectivity index (χ0n) is 7.66. The second-order valence-corrected chi connectivity index (χ2v) is 2.67. The Morgan fingerprint density at radius 2 is 2.14 bits per heavy atom. The van der Waals surface area contributed by atoms with E-state index in [4.69, 9.17) is 5.26 Å². The standard InChI is InChI=1S/C11H10N2O/c1-2-9-3-5-10(6-4-9)11(14)13-8-7-12/h2-6H,1,8H2,(H,13,14). The quantitative estimate of drug-likeness (QED) is 0.728. The van der Waals surface area contributed by atoms with E-state index in [2.05, 4.69) is 11.9 Å². The van der Waals surface area contributed by atoms with Gasteiger partial charge in [-0.2, -0.15) is 5.26 Å². The molecule has 0 spiro atoms. The van der Waals surface area contributed by atoms with Crippen LogP contribution in [0.4, 0.5) is 0 Å². The molecule has 0 aliphatic carbocycles. The van der Waals surface area contributed by atoms with Crippen molar-refractivity contribution < 1.29 is 4.79 Å². The minimum absolute atomic E-state index is 0.0298. The number of hydrogen-bond acceptors (Lipinski definition) is 2. The highest BCUT2D eigenvalue weighted by molar-refractivity contribution is 5.94. The Hall–Kier alpha value is -2.08. The molecule has 1 rings (SSSR count). The summed E-state index contributed by atoms with van der Waals surface area (Å²) in [6, 6.07) is 8.84. The van der Waals surface area contributed by atoms with Crippen molar-refractivity contribution in [2.75, 3.05) is 6.54 Å². The lowest BCUT2D eigenvalue weighted by atomic mass is 10.1. The van der Waals surface area contributed by atoms with Crippen molar-refractivity contribution in [1.29, 1.82) is 5.26 Å². The first-order valence-electron chi connectivity index (χ1n) is 4.15. The zero-order valence-corrected chi connectivity index (χ0v) is 7.66. The second-order valence-electron chi connectivity index (χ2n) is 2.67. The maximum atomic E-state index is 11.3. The first-order chi connectivity index (χ1) is 6.77. The molecule has 0 aromatic heterocycles. The summed E-state index contributed by atoms with van der Waals surface area (Å²) in [7, 11) is 0. The Kier molecular flexibility index (Phi) is 3.45. The van der Waals surface area contributed by atoms with Gasteiger partial charge in [0.25, 0.3) is 5.91 Å². The molecule has 70 valence electrons. The largest absolute Gasteiger partial charge is 0.339 e. The van der Waals surface area contributed by atoms with Crippen LogP contribution in [0.2, 0.25) is 0 Å². The average Bonchev–Trinajstić information content (AvgIpc) is 2.26. The first kappa shape index (κ1) is 10.0. The Labute approximate surface area is 82.7 Å². The topological polar surface area (TPSA) is 52.9 Å². The van der Waals surface area contributed by atoms with E-state index in [9.17, 15) is 4.79 Å². The van der Waals surface area contributed by atoms with E-state index in [0.29, 0.717) is 5.56 Å². The van der Waals surface area contributed by atoms with E-state index < -0.39 is 0 Å². The van der Waals surface area contributed by atoms with Gasteiger partial charge in [-0.05, 0) is 17.7 Å². The summed E-state index contributed by atoms with van der Waals surface area (Å²) in [4.78, 5) is 11.3. The smallest absolute Gasteiger partial charge is 0.252 e. The van der Waals surface area contributed by atoms with Gasteiger partial charge in [0.2, 0.25) is 0 Å². The van der Waals surface area contributed by atoms with Gasteiger partial charge in [-0.1, -0.05) is 24.8 Å². The van der Waals surface area contributed by atoms with Crippen LogP contribution >= 0.6 is 0 Å². The van der Waals surface area contributed by atoms with E-state index >= 15 is 0 Å². The first-order valence-corrected chi connectivity index (χ1v) is 4.15. The second kappa shape index (κ2) is 4.83. The summed E-state index contributed by atoms with van der Waals surface area (Å²) < 4.78 is 0. The van der Waals surface area contributed by atoms with Gasteiger partial charge in [0, 0.05) is 5.56 Å². The van der Waals surface area contributed by atoms with E-state index in [0.717, 1.165) is 5.56 Å². The molecule has 0 unspecified atom stereocenters. The number of carbonyl (C=O) groups excluding carboxylic acids is 1. The van der Waals surface area contributed by atoms with Crippen molar-refractivity contribution in [3.8, 4) is 6.07 Å². The zero-order chi connectivity index (χ0) is 10.4. The molecule has 0 saturated carbocycles. The average molecular weight is 186 g/mol. The highest BCUT2D eigenvalue weighted by Crippen LogP contribution is 2.04. The van der Waals surface area contributed by atoms with E-state index in [1.807, 2.05) is 6.07 Å². The van der Waals surface area contributed by atoms with Crippen LogP contribution in [0.1, 0.15) is 15.9 Å². The predicted octanol–water partition coefficient (Wildman–Crippen LogP) is 1.58. The van der Waals surface area contributed by atoms with Gasteiger partial charge >= 0.3 is 0 Å². The molecule has 0 aliphatic heterocycles. The van der Waals surface area contributed by atoms with Crippen molar-refractivity contribution in [2.24, 2.45) is 0 Å². The molecule has 0 heterocycles. The van der Waals surface area contributed by atoms with E-state index in [1.165, 1.54) is 0 Å². The van der Waals surface area contributed by atoms with Crippen molar-refractivity contribution in [2.45, 2.75) is 0 Å². The number of hydrogen-bond donors (Lipinski definition) is 1. The Bertz CT molecular complexity index is 373. The highest BCUT2D eigenvalue weighted by Gasteiger charge is 2.02. The van der Waals surface area contributed by atoms with Gasteiger partial charge in [0.1, 0.15) is 6.54 Å². The molecule has 3 heteroatoms. The maximum absolute atomic E-state index is 11.3. The molecular formula is C11H10N2O. The van der Waals surface area contributed by atoms with Crippen molar-refractivity contribution in [1.82, 2.24) is 5.32 Å². The molecule has 1 amide bonds. The summed E-state index contributed by atoms with van der Waals surface area (Å²) in [5.74, 6) is -0.234. The molecule has 0 bridgehead atoms. The number of nitriles is 1. The molecule has 0 saturated heterocycles. The van der Waals surface area contributed by atoms with Crippen LogP contribution in [0.15, 0.2) is 30.8 Å². The molecule has 0 atom stereocenters. The molecule has 1 aromatic rings. The SMILES string of the molecule is C=Cc1ccc(C(=O)NCC#N)cc1. The van der Waals surface area contributed by atoms with Crippen molar-refractivity contribution in [3.05, 3.63) is 42.0 Å². The summed E-state index contributed by atoms with van der Waals surface area (Å²) in [6.45, 7) is 3.64. The van der Waals surface area contributed by atoms with Crippen LogP contribution < -0.4 is 5.32 Å². The summed E-state index contributed by atoms with van der Waals surface area (Å²) in [5, 5.41) is 10.7. The molecule has 1 aromatic carbocycles.